The molecule has 4 nitrogen and oxygen atoms in total. The Balaban J connectivity index is 1.90. The molecule has 0 spiro atoms. The van der Waals surface area contributed by atoms with Crippen LogP contribution in [0.25, 0.3) is 0 Å². The Hall–Kier alpha value is -1.39. The first-order valence-electron chi connectivity index (χ1n) is 6.45. The molecule has 1 heterocycles. The zero-order chi connectivity index (χ0) is 13.7. The van der Waals surface area contributed by atoms with Gasteiger partial charge in [0.25, 0.3) is 0 Å². The highest BCUT2D eigenvalue weighted by Gasteiger charge is 2.07. The molecule has 0 amide bonds. The molecule has 1 atom stereocenters. The molecular formula is C14H18ClN3O. The molecule has 0 saturated heterocycles. The molecule has 0 aliphatic carbocycles. The van der Waals surface area contributed by atoms with Crippen LogP contribution in [0, 0.1) is 0 Å². The van der Waals surface area contributed by atoms with Crippen molar-refractivity contribution in [1.29, 1.82) is 0 Å². The summed E-state index contributed by atoms with van der Waals surface area (Å²) in [6.07, 6.45) is 3.35. The number of benzene rings is 1. The van der Waals surface area contributed by atoms with E-state index in [0.717, 1.165) is 29.8 Å². The van der Waals surface area contributed by atoms with E-state index in [4.69, 9.17) is 21.9 Å². The zero-order valence-electron chi connectivity index (χ0n) is 11.0. The summed E-state index contributed by atoms with van der Waals surface area (Å²) in [6, 6.07) is 7.89. The zero-order valence-corrected chi connectivity index (χ0v) is 11.7. The normalized spacial score (nSPS) is 12.6. The Labute approximate surface area is 118 Å². The van der Waals surface area contributed by atoms with E-state index in [2.05, 4.69) is 10.1 Å². The average Bonchev–Trinajstić information content (AvgIpc) is 2.76. The standard InChI is InChI=1S/C14H18ClN3O/c1-10(16)4-2-7-14-17-13(18-19-14)9-11-5-3-6-12(15)8-11/h3,5-6,8,10H,2,4,7,9,16H2,1H3. The summed E-state index contributed by atoms with van der Waals surface area (Å²) in [5.74, 6) is 1.37. The molecule has 0 bridgehead atoms. The molecule has 5 heteroatoms. The highest BCUT2D eigenvalue weighted by Crippen LogP contribution is 2.14. The SMILES string of the molecule is CC(N)CCCc1nc(Cc2cccc(Cl)c2)no1. The van der Waals surface area contributed by atoms with Gasteiger partial charge in [0.15, 0.2) is 5.82 Å². The molecule has 0 radical (unpaired) electrons. The van der Waals surface area contributed by atoms with Crippen LogP contribution in [-0.4, -0.2) is 16.2 Å². The largest absolute Gasteiger partial charge is 0.339 e. The molecule has 0 aliphatic rings. The summed E-state index contributed by atoms with van der Waals surface area (Å²) in [5.41, 5.74) is 6.78. The second-order valence-electron chi connectivity index (χ2n) is 4.78. The Morgan fingerprint density at radius 1 is 1.42 bits per heavy atom. The molecule has 2 rings (SSSR count). The predicted molar refractivity (Wildman–Crippen MR) is 75.1 cm³/mol. The summed E-state index contributed by atoms with van der Waals surface area (Å²) < 4.78 is 5.21. The van der Waals surface area contributed by atoms with Gasteiger partial charge in [-0.05, 0) is 37.5 Å². The van der Waals surface area contributed by atoms with Crippen LogP contribution in [0.1, 0.15) is 37.0 Å². The molecule has 0 aliphatic heterocycles. The van der Waals surface area contributed by atoms with Crippen LogP contribution in [0.5, 0.6) is 0 Å². The van der Waals surface area contributed by atoms with Crippen molar-refractivity contribution < 1.29 is 4.52 Å². The number of nitrogens with zero attached hydrogens (tertiary/aromatic N) is 2. The van der Waals surface area contributed by atoms with E-state index in [1.54, 1.807) is 0 Å². The van der Waals surface area contributed by atoms with E-state index in [0.29, 0.717) is 18.1 Å². The lowest BCUT2D eigenvalue weighted by Gasteiger charge is -2.00. The van der Waals surface area contributed by atoms with Crippen LogP contribution in [0.3, 0.4) is 0 Å². The lowest BCUT2D eigenvalue weighted by molar-refractivity contribution is 0.368. The maximum Gasteiger partial charge on any atom is 0.226 e. The van der Waals surface area contributed by atoms with Gasteiger partial charge in [0.05, 0.1) is 0 Å². The Kier molecular flexibility index (Phi) is 4.93. The van der Waals surface area contributed by atoms with E-state index >= 15 is 0 Å². The minimum absolute atomic E-state index is 0.217. The minimum atomic E-state index is 0.217. The van der Waals surface area contributed by atoms with Gasteiger partial charge in [-0.2, -0.15) is 4.98 Å². The van der Waals surface area contributed by atoms with Crippen molar-refractivity contribution in [3.05, 3.63) is 46.6 Å². The maximum absolute atomic E-state index is 5.94. The van der Waals surface area contributed by atoms with Crippen molar-refractivity contribution in [2.75, 3.05) is 0 Å². The Morgan fingerprint density at radius 2 is 2.26 bits per heavy atom. The molecule has 19 heavy (non-hydrogen) atoms. The van der Waals surface area contributed by atoms with Gasteiger partial charge < -0.3 is 10.3 Å². The molecule has 1 aromatic carbocycles. The lowest BCUT2D eigenvalue weighted by atomic mass is 10.1. The highest BCUT2D eigenvalue weighted by molar-refractivity contribution is 6.30. The molecule has 0 fully saturated rings. The van der Waals surface area contributed by atoms with Crippen molar-refractivity contribution in [3.63, 3.8) is 0 Å². The summed E-state index contributed by atoms with van der Waals surface area (Å²) in [6.45, 7) is 2.00. The van der Waals surface area contributed by atoms with E-state index in [1.807, 2.05) is 31.2 Å². The summed E-state index contributed by atoms with van der Waals surface area (Å²) >= 11 is 5.94. The topological polar surface area (TPSA) is 64.9 Å². The average molecular weight is 280 g/mol. The van der Waals surface area contributed by atoms with Crippen molar-refractivity contribution >= 4 is 11.6 Å². The number of aromatic nitrogens is 2. The number of hydrogen-bond donors (Lipinski definition) is 1. The molecule has 2 aromatic rings. The summed E-state index contributed by atoms with van der Waals surface area (Å²) in [4.78, 5) is 4.37. The highest BCUT2D eigenvalue weighted by atomic mass is 35.5. The Morgan fingerprint density at radius 3 is 3.00 bits per heavy atom. The van der Waals surface area contributed by atoms with Crippen molar-refractivity contribution in [3.8, 4) is 0 Å². The van der Waals surface area contributed by atoms with Crippen molar-refractivity contribution in [2.24, 2.45) is 5.73 Å². The second kappa shape index (κ2) is 6.68. The van der Waals surface area contributed by atoms with E-state index in [-0.39, 0.29) is 6.04 Å². The van der Waals surface area contributed by atoms with Crippen LogP contribution < -0.4 is 5.73 Å². The van der Waals surface area contributed by atoms with Crippen LogP contribution in [0.4, 0.5) is 0 Å². The molecule has 0 saturated carbocycles. The number of nitrogens with two attached hydrogens (primary N) is 1. The van der Waals surface area contributed by atoms with Gasteiger partial charge in [-0.25, -0.2) is 0 Å². The van der Waals surface area contributed by atoms with Crippen LogP contribution in [0.2, 0.25) is 5.02 Å². The third-order valence-corrected chi connectivity index (χ3v) is 3.05. The second-order valence-corrected chi connectivity index (χ2v) is 5.22. The first-order valence-corrected chi connectivity index (χ1v) is 6.83. The van der Waals surface area contributed by atoms with Gasteiger partial charge in [-0.3, -0.25) is 0 Å². The third kappa shape index (κ3) is 4.65. The molecule has 1 aromatic heterocycles. The van der Waals surface area contributed by atoms with Gasteiger partial charge in [0, 0.05) is 23.9 Å². The fourth-order valence-corrected chi connectivity index (χ4v) is 2.08. The van der Waals surface area contributed by atoms with Gasteiger partial charge in [0.1, 0.15) is 0 Å². The molecular weight excluding hydrogens is 262 g/mol. The Bertz CT molecular complexity index is 525. The van der Waals surface area contributed by atoms with Crippen LogP contribution in [-0.2, 0) is 12.8 Å². The lowest BCUT2D eigenvalue weighted by Crippen LogP contribution is -2.14. The van der Waals surface area contributed by atoms with Crippen molar-refractivity contribution in [1.82, 2.24) is 10.1 Å². The fourth-order valence-electron chi connectivity index (χ4n) is 1.87. The fraction of sp³-hybridized carbons (Fsp3) is 0.429. The molecule has 1 unspecified atom stereocenters. The van der Waals surface area contributed by atoms with Gasteiger partial charge >= 0.3 is 0 Å². The smallest absolute Gasteiger partial charge is 0.226 e. The van der Waals surface area contributed by atoms with Crippen LogP contribution >= 0.6 is 11.6 Å². The third-order valence-electron chi connectivity index (χ3n) is 2.81. The van der Waals surface area contributed by atoms with E-state index in [1.165, 1.54) is 0 Å². The predicted octanol–water partition coefficient (Wildman–Crippen LogP) is 2.98. The number of aryl methyl sites for hydroxylation is 1. The number of halogens is 1. The van der Waals surface area contributed by atoms with E-state index in [9.17, 15) is 0 Å². The van der Waals surface area contributed by atoms with E-state index < -0.39 is 0 Å². The number of hydrogen-bond acceptors (Lipinski definition) is 4. The van der Waals surface area contributed by atoms with Gasteiger partial charge in [0.2, 0.25) is 5.89 Å². The summed E-state index contributed by atoms with van der Waals surface area (Å²) in [7, 11) is 0. The maximum atomic E-state index is 5.94. The quantitative estimate of drug-likeness (QED) is 0.883. The first kappa shape index (κ1) is 14.0. The minimum Gasteiger partial charge on any atom is -0.339 e. The van der Waals surface area contributed by atoms with Crippen molar-refractivity contribution in [2.45, 2.75) is 38.6 Å². The number of rotatable bonds is 6. The van der Waals surface area contributed by atoms with Gasteiger partial charge in [-0.15, -0.1) is 0 Å². The van der Waals surface area contributed by atoms with Gasteiger partial charge in [-0.1, -0.05) is 28.9 Å². The molecule has 2 N–H and O–H groups in total. The first-order chi connectivity index (χ1) is 9.13. The monoisotopic (exact) mass is 279 g/mol. The molecule has 102 valence electrons. The summed E-state index contributed by atoms with van der Waals surface area (Å²) in [5, 5.41) is 4.70. The van der Waals surface area contributed by atoms with Crippen LogP contribution in [0.15, 0.2) is 28.8 Å².